The highest BCUT2D eigenvalue weighted by molar-refractivity contribution is 5.80. The van der Waals surface area contributed by atoms with Crippen LogP contribution in [-0.2, 0) is 6.61 Å². The van der Waals surface area contributed by atoms with E-state index in [2.05, 4.69) is 25.7 Å². The largest absolute Gasteiger partial charge is 0.489 e. The van der Waals surface area contributed by atoms with Crippen molar-refractivity contribution in [2.45, 2.75) is 13.5 Å². The lowest BCUT2D eigenvalue weighted by Gasteiger charge is -2.06. The van der Waals surface area contributed by atoms with Gasteiger partial charge in [-0.15, -0.1) is 10.2 Å². The first-order valence-electron chi connectivity index (χ1n) is 7.70. The van der Waals surface area contributed by atoms with Crippen LogP contribution in [0.15, 0.2) is 64.5 Å². The Hall–Kier alpha value is -3.48. The van der Waals surface area contributed by atoms with Crippen LogP contribution >= 0.6 is 0 Å². The van der Waals surface area contributed by atoms with Crippen LogP contribution in [0.4, 0.5) is 5.95 Å². The van der Waals surface area contributed by atoms with Crippen LogP contribution in [-0.4, -0.2) is 21.4 Å². The van der Waals surface area contributed by atoms with Crippen molar-refractivity contribution in [1.29, 1.82) is 0 Å². The van der Waals surface area contributed by atoms with E-state index in [4.69, 9.17) is 4.74 Å². The van der Waals surface area contributed by atoms with Crippen molar-refractivity contribution in [2.75, 3.05) is 5.43 Å². The van der Waals surface area contributed by atoms with Crippen molar-refractivity contribution < 1.29 is 4.74 Å². The van der Waals surface area contributed by atoms with Crippen LogP contribution in [0.3, 0.4) is 0 Å². The molecule has 0 atom stereocenters. The second-order valence-electron chi connectivity index (χ2n) is 5.30. The van der Waals surface area contributed by atoms with Crippen molar-refractivity contribution in [3.8, 4) is 5.75 Å². The van der Waals surface area contributed by atoms with Gasteiger partial charge in [-0.2, -0.15) is 5.10 Å². The number of aromatic amines is 1. The average Bonchev–Trinajstić information content (AvgIpc) is 2.65. The zero-order chi connectivity index (χ0) is 17.5. The molecule has 0 unspecified atom stereocenters. The summed E-state index contributed by atoms with van der Waals surface area (Å²) >= 11 is 0. The molecule has 0 aliphatic rings. The van der Waals surface area contributed by atoms with E-state index in [9.17, 15) is 4.79 Å². The van der Waals surface area contributed by atoms with Gasteiger partial charge in [0.25, 0.3) is 5.56 Å². The van der Waals surface area contributed by atoms with Crippen molar-refractivity contribution in [1.82, 2.24) is 15.2 Å². The number of nitrogens with zero attached hydrogens (tertiary/aromatic N) is 3. The van der Waals surface area contributed by atoms with Gasteiger partial charge in [0, 0.05) is 0 Å². The maximum Gasteiger partial charge on any atom is 0.274 e. The minimum Gasteiger partial charge on any atom is -0.489 e. The van der Waals surface area contributed by atoms with Crippen molar-refractivity contribution in [3.05, 3.63) is 81.8 Å². The number of hydrazone groups is 1. The Labute approximate surface area is 144 Å². The summed E-state index contributed by atoms with van der Waals surface area (Å²) in [7, 11) is 0. The van der Waals surface area contributed by atoms with E-state index in [0.717, 1.165) is 16.9 Å². The third-order valence-electron chi connectivity index (χ3n) is 3.37. The Morgan fingerprint density at radius 2 is 1.88 bits per heavy atom. The van der Waals surface area contributed by atoms with Crippen LogP contribution in [0.25, 0.3) is 0 Å². The maximum absolute atomic E-state index is 11.4. The summed E-state index contributed by atoms with van der Waals surface area (Å²) in [6.07, 6.45) is 1.61. The minimum absolute atomic E-state index is 0.190. The Bertz CT molecular complexity index is 905. The number of aromatic nitrogens is 3. The van der Waals surface area contributed by atoms with Gasteiger partial charge in [-0.25, -0.2) is 5.43 Å². The Morgan fingerprint density at radius 3 is 2.60 bits per heavy atom. The fourth-order valence-electron chi connectivity index (χ4n) is 2.00. The third-order valence-corrected chi connectivity index (χ3v) is 3.37. The molecular weight excluding hydrogens is 318 g/mol. The Kier molecular flexibility index (Phi) is 5.16. The van der Waals surface area contributed by atoms with Gasteiger partial charge in [0.1, 0.15) is 18.1 Å². The average molecular weight is 335 g/mol. The molecule has 7 heteroatoms. The predicted octanol–water partition coefficient (Wildman–Crippen LogP) is 2.50. The quantitative estimate of drug-likeness (QED) is 0.533. The van der Waals surface area contributed by atoms with Gasteiger partial charge in [0.05, 0.1) is 6.21 Å². The number of anilines is 1. The third kappa shape index (κ3) is 4.74. The lowest BCUT2D eigenvalue weighted by Crippen LogP contribution is -2.15. The molecule has 0 fully saturated rings. The Balaban J connectivity index is 1.55. The molecule has 0 amide bonds. The summed E-state index contributed by atoms with van der Waals surface area (Å²) < 4.78 is 5.73. The number of benzene rings is 2. The summed E-state index contributed by atoms with van der Waals surface area (Å²) in [5.74, 6) is 0.970. The fraction of sp³-hybridized carbons (Fsp3) is 0.111. The van der Waals surface area contributed by atoms with Crippen LogP contribution in [0.5, 0.6) is 5.75 Å². The molecule has 0 saturated heterocycles. The van der Waals surface area contributed by atoms with Gasteiger partial charge < -0.3 is 4.74 Å². The van der Waals surface area contributed by atoms with Crippen LogP contribution in [0, 0.1) is 6.92 Å². The molecule has 2 aromatic carbocycles. The molecule has 2 N–H and O–H groups in total. The zero-order valence-corrected chi connectivity index (χ0v) is 13.6. The normalized spacial score (nSPS) is 10.8. The summed E-state index contributed by atoms with van der Waals surface area (Å²) in [4.78, 5) is 13.9. The Morgan fingerprint density at radius 1 is 1.12 bits per heavy atom. The lowest BCUT2D eigenvalue weighted by molar-refractivity contribution is 0.306. The topological polar surface area (TPSA) is 92.3 Å². The monoisotopic (exact) mass is 335 g/mol. The standard InChI is InChI=1S/C18H17N5O2/c1-13-17(24)20-18(23-21-13)22-19-11-14-7-9-16(10-8-14)25-12-15-5-3-2-4-6-15/h2-11H,12H2,1H3,(H2,20,22,23,24)/b19-11+. The highest BCUT2D eigenvalue weighted by atomic mass is 16.5. The van der Waals surface area contributed by atoms with Crippen LogP contribution in [0.1, 0.15) is 16.8 Å². The van der Waals surface area contributed by atoms with Crippen molar-refractivity contribution in [3.63, 3.8) is 0 Å². The molecule has 0 saturated carbocycles. The SMILES string of the molecule is Cc1nnc(N/N=C/c2ccc(OCc3ccccc3)cc2)[nH]c1=O. The number of rotatable bonds is 6. The summed E-state index contributed by atoms with van der Waals surface area (Å²) in [6, 6.07) is 17.5. The van der Waals surface area contributed by atoms with E-state index in [1.807, 2.05) is 54.6 Å². The van der Waals surface area contributed by atoms with Crippen LogP contribution in [0.2, 0.25) is 0 Å². The van der Waals surface area contributed by atoms with Gasteiger partial charge in [-0.3, -0.25) is 9.78 Å². The smallest absolute Gasteiger partial charge is 0.274 e. The van der Waals surface area contributed by atoms with Gasteiger partial charge in [0.2, 0.25) is 5.95 Å². The van der Waals surface area contributed by atoms with Gasteiger partial charge in [0.15, 0.2) is 0 Å². The molecule has 7 nitrogen and oxygen atoms in total. The minimum atomic E-state index is -0.299. The number of hydrogen-bond acceptors (Lipinski definition) is 6. The highest BCUT2D eigenvalue weighted by Crippen LogP contribution is 2.13. The van der Waals surface area contributed by atoms with Gasteiger partial charge >= 0.3 is 0 Å². The van der Waals surface area contributed by atoms with Gasteiger partial charge in [-0.1, -0.05) is 30.3 Å². The molecule has 1 heterocycles. The van der Waals surface area contributed by atoms with Gasteiger partial charge in [-0.05, 0) is 42.3 Å². The second kappa shape index (κ2) is 7.87. The maximum atomic E-state index is 11.4. The van der Waals surface area contributed by atoms with Crippen molar-refractivity contribution in [2.24, 2.45) is 5.10 Å². The molecule has 0 radical (unpaired) electrons. The van der Waals surface area contributed by atoms with E-state index in [1.165, 1.54) is 0 Å². The molecule has 3 rings (SSSR count). The number of H-pyrrole nitrogens is 1. The van der Waals surface area contributed by atoms with Crippen LogP contribution < -0.4 is 15.7 Å². The van der Waals surface area contributed by atoms with E-state index in [-0.39, 0.29) is 11.5 Å². The number of ether oxygens (including phenoxy) is 1. The summed E-state index contributed by atoms with van der Waals surface area (Å²) in [5, 5.41) is 11.5. The molecule has 25 heavy (non-hydrogen) atoms. The first kappa shape index (κ1) is 16.4. The highest BCUT2D eigenvalue weighted by Gasteiger charge is 1.98. The van der Waals surface area contributed by atoms with Crippen molar-refractivity contribution >= 4 is 12.2 Å². The molecule has 0 aliphatic heterocycles. The summed E-state index contributed by atoms with van der Waals surface area (Å²) in [5.41, 5.74) is 4.63. The molecule has 0 aliphatic carbocycles. The van der Waals surface area contributed by atoms with E-state index < -0.39 is 0 Å². The number of nitrogens with one attached hydrogen (secondary N) is 2. The van der Waals surface area contributed by atoms with E-state index in [1.54, 1.807) is 13.1 Å². The molecule has 0 spiro atoms. The van der Waals surface area contributed by atoms with E-state index in [0.29, 0.717) is 12.3 Å². The summed E-state index contributed by atoms with van der Waals surface area (Å²) in [6.45, 7) is 2.11. The molecular formula is C18H17N5O2. The predicted molar refractivity (Wildman–Crippen MR) is 95.8 cm³/mol. The molecule has 1 aromatic heterocycles. The van der Waals surface area contributed by atoms with E-state index >= 15 is 0 Å². The number of hydrogen-bond donors (Lipinski definition) is 2. The number of aryl methyl sites for hydroxylation is 1. The molecule has 3 aromatic rings. The first-order valence-corrected chi connectivity index (χ1v) is 7.70. The zero-order valence-electron chi connectivity index (χ0n) is 13.6. The fourth-order valence-corrected chi connectivity index (χ4v) is 2.00. The first-order chi connectivity index (χ1) is 12.2. The lowest BCUT2D eigenvalue weighted by atomic mass is 10.2. The molecule has 126 valence electrons. The molecule has 0 bridgehead atoms. The second-order valence-corrected chi connectivity index (χ2v) is 5.30.